The normalized spacial score (nSPS) is 16.6. The van der Waals surface area contributed by atoms with E-state index in [-0.39, 0.29) is 16.6 Å². The smallest absolute Gasteiger partial charge is 0.355 e. The summed E-state index contributed by atoms with van der Waals surface area (Å²) in [7, 11) is 0. The lowest BCUT2D eigenvalue weighted by molar-refractivity contribution is 0.0637. The maximum Gasteiger partial charge on any atom is 0.355 e. The molecule has 2 heterocycles. The molecule has 1 aliphatic heterocycles. The van der Waals surface area contributed by atoms with Crippen molar-refractivity contribution in [1.29, 1.82) is 0 Å². The van der Waals surface area contributed by atoms with Crippen molar-refractivity contribution in [1.82, 2.24) is 14.8 Å². The SMILES string of the molecule is CCCN1CCN(C(=O)c2nc(C(=O)O)cs2)CC1. The van der Waals surface area contributed by atoms with Crippen molar-refractivity contribution in [3.05, 3.63) is 16.1 Å². The molecule has 1 saturated heterocycles. The standard InChI is InChI=1S/C12H17N3O3S/c1-2-3-14-4-6-15(7-5-14)11(16)10-13-9(8-19-10)12(17)18/h8H,2-7H2,1H3,(H,17,18). The maximum atomic E-state index is 12.2. The molecule has 0 bridgehead atoms. The molecule has 19 heavy (non-hydrogen) atoms. The van der Waals surface area contributed by atoms with Crippen LogP contribution >= 0.6 is 11.3 Å². The Morgan fingerprint density at radius 2 is 2.05 bits per heavy atom. The Hall–Kier alpha value is -1.47. The number of aromatic nitrogens is 1. The number of nitrogens with zero attached hydrogens (tertiary/aromatic N) is 3. The molecule has 0 aromatic carbocycles. The molecule has 0 saturated carbocycles. The summed E-state index contributed by atoms with van der Waals surface area (Å²) in [5.41, 5.74) is -0.0574. The number of carboxylic acids is 1. The minimum absolute atomic E-state index is 0.0574. The highest BCUT2D eigenvalue weighted by molar-refractivity contribution is 7.11. The molecule has 1 amide bonds. The van der Waals surface area contributed by atoms with E-state index >= 15 is 0 Å². The van der Waals surface area contributed by atoms with E-state index in [1.807, 2.05) is 0 Å². The highest BCUT2D eigenvalue weighted by Gasteiger charge is 2.24. The molecule has 1 aliphatic rings. The quantitative estimate of drug-likeness (QED) is 0.892. The number of amides is 1. The van der Waals surface area contributed by atoms with Gasteiger partial charge in [0.1, 0.15) is 0 Å². The second kappa shape index (κ2) is 6.12. The van der Waals surface area contributed by atoms with Gasteiger partial charge in [0, 0.05) is 31.6 Å². The fraction of sp³-hybridized carbons (Fsp3) is 0.583. The van der Waals surface area contributed by atoms with Gasteiger partial charge in [0.15, 0.2) is 10.7 Å². The van der Waals surface area contributed by atoms with Crippen molar-refractivity contribution in [3.8, 4) is 0 Å². The van der Waals surface area contributed by atoms with Gasteiger partial charge in [-0.05, 0) is 13.0 Å². The molecule has 0 aliphatic carbocycles. The van der Waals surface area contributed by atoms with Crippen LogP contribution in [0.5, 0.6) is 0 Å². The summed E-state index contributed by atoms with van der Waals surface area (Å²) in [6, 6.07) is 0. The highest BCUT2D eigenvalue weighted by atomic mass is 32.1. The van der Waals surface area contributed by atoms with Gasteiger partial charge < -0.3 is 10.0 Å². The lowest BCUT2D eigenvalue weighted by Crippen LogP contribution is -2.48. The summed E-state index contributed by atoms with van der Waals surface area (Å²) in [4.78, 5) is 30.8. The molecule has 0 radical (unpaired) electrons. The van der Waals surface area contributed by atoms with Crippen molar-refractivity contribution < 1.29 is 14.7 Å². The van der Waals surface area contributed by atoms with Crippen molar-refractivity contribution in [3.63, 3.8) is 0 Å². The minimum atomic E-state index is -1.09. The molecular weight excluding hydrogens is 266 g/mol. The summed E-state index contributed by atoms with van der Waals surface area (Å²) in [5, 5.41) is 10.5. The van der Waals surface area contributed by atoms with Crippen LogP contribution in [0.15, 0.2) is 5.38 Å². The average molecular weight is 283 g/mol. The highest BCUT2D eigenvalue weighted by Crippen LogP contribution is 2.14. The fourth-order valence-electron chi connectivity index (χ4n) is 2.10. The number of thiazole rings is 1. The van der Waals surface area contributed by atoms with Crippen LogP contribution in [0.4, 0.5) is 0 Å². The predicted octanol–water partition coefficient (Wildman–Crippen LogP) is 1.01. The van der Waals surface area contributed by atoms with Gasteiger partial charge in [0.05, 0.1) is 0 Å². The van der Waals surface area contributed by atoms with E-state index in [0.717, 1.165) is 37.4 Å². The van der Waals surface area contributed by atoms with E-state index in [1.165, 1.54) is 5.38 Å². The van der Waals surface area contributed by atoms with Crippen molar-refractivity contribution >= 4 is 23.2 Å². The Balaban J connectivity index is 1.95. The number of carbonyl (C=O) groups excluding carboxylic acids is 1. The summed E-state index contributed by atoms with van der Waals surface area (Å²) in [6.07, 6.45) is 1.11. The number of piperazine rings is 1. The van der Waals surface area contributed by atoms with Gasteiger partial charge in [-0.1, -0.05) is 6.92 Å². The minimum Gasteiger partial charge on any atom is -0.476 e. The lowest BCUT2D eigenvalue weighted by atomic mass is 10.3. The van der Waals surface area contributed by atoms with Gasteiger partial charge in [-0.3, -0.25) is 9.69 Å². The largest absolute Gasteiger partial charge is 0.476 e. The van der Waals surface area contributed by atoms with Gasteiger partial charge in [0.25, 0.3) is 5.91 Å². The molecule has 7 heteroatoms. The molecule has 2 rings (SSSR count). The monoisotopic (exact) mass is 283 g/mol. The summed E-state index contributed by atoms with van der Waals surface area (Å²) in [5.74, 6) is -1.25. The van der Waals surface area contributed by atoms with E-state index in [4.69, 9.17) is 5.11 Å². The van der Waals surface area contributed by atoms with Gasteiger partial charge in [0.2, 0.25) is 0 Å². The van der Waals surface area contributed by atoms with Crippen LogP contribution in [0.1, 0.15) is 33.6 Å². The fourth-order valence-corrected chi connectivity index (χ4v) is 2.85. The van der Waals surface area contributed by atoms with E-state index in [9.17, 15) is 9.59 Å². The molecule has 6 nitrogen and oxygen atoms in total. The first-order valence-corrected chi connectivity index (χ1v) is 7.20. The average Bonchev–Trinajstić information content (AvgIpc) is 2.89. The Morgan fingerprint density at radius 3 is 2.58 bits per heavy atom. The predicted molar refractivity (Wildman–Crippen MR) is 71.7 cm³/mol. The Labute approximate surface area is 115 Å². The molecule has 1 N–H and O–H groups in total. The van der Waals surface area contributed by atoms with E-state index in [0.29, 0.717) is 13.1 Å². The first kappa shape index (κ1) is 14.0. The lowest BCUT2D eigenvalue weighted by Gasteiger charge is -2.34. The van der Waals surface area contributed by atoms with E-state index < -0.39 is 5.97 Å². The second-order valence-electron chi connectivity index (χ2n) is 4.48. The number of hydrogen-bond donors (Lipinski definition) is 1. The van der Waals surface area contributed by atoms with E-state index in [1.54, 1.807) is 4.90 Å². The third kappa shape index (κ3) is 3.30. The number of carboxylic acid groups (broad SMARTS) is 1. The molecule has 1 fully saturated rings. The van der Waals surface area contributed by atoms with Crippen LogP contribution in [0, 0.1) is 0 Å². The summed E-state index contributed by atoms with van der Waals surface area (Å²) < 4.78 is 0. The molecule has 0 spiro atoms. The van der Waals surface area contributed by atoms with Crippen LogP contribution in [0.2, 0.25) is 0 Å². The number of aromatic carboxylic acids is 1. The van der Waals surface area contributed by atoms with Crippen LogP contribution in [-0.4, -0.2) is 64.5 Å². The first-order chi connectivity index (χ1) is 9.11. The van der Waals surface area contributed by atoms with Crippen LogP contribution in [-0.2, 0) is 0 Å². The maximum absolute atomic E-state index is 12.2. The van der Waals surface area contributed by atoms with Crippen molar-refractivity contribution in [2.75, 3.05) is 32.7 Å². The van der Waals surface area contributed by atoms with Crippen LogP contribution < -0.4 is 0 Å². The number of carbonyl (C=O) groups is 2. The third-order valence-corrected chi connectivity index (χ3v) is 3.94. The Bertz CT molecular complexity index is 467. The summed E-state index contributed by atoms with van der Waals surface area (Å²) >= 11 is 1.09. The van der Waals surface area contributed by atoms with Crippen molar-refractivity contribution in [2.24, 2.45) is 0 Å². The van der Waals surface area contributed by atoms with Crippen LogP contribution in [0.3, 0.4) is 0 Å². The van der Waals surface area contributed by atoms with Crippen LogP contribution in [0.25, 0.3) is 0 Å². The molecule has 104 valence electrons. The zero-order valence-corrected chi connectivity index (χ0v) is 11.7. The van der Waals surface area contributed by atoms with E-state index in [2.05, 4.69) is 16.8 Å². The Kier molecular flexibility index (Phi) is 4.49. The molecule has 1 aromatic heterocycles. The van der Waals surface area contributed by atoms with Crippen molar-refractivity contribution in [2.45, 2.75) is 13.3 Å². The van der Waals surface area contributed by atoms with Gasteiger partial charge in [-0.25, -0.2) is 9.78 Å². The number of hydrogen-bond acceptors (Lipinski definition) is 5. The zero-order valence-electron chi connectivity index (χ0n) is 10.8. The van der Waals surface area contributed by atoms with Gasteiger partial charge >= 0.3 is 5.97 Å². The number of rotatable bonds is 4. The second-order valence-corrected chi connectivity index (χ2v) is 5.33. The third-order valence-electron chi connectivity index (χ3n) is 3.11. The first-order valence-electron chi connectivity index (χ1n) is 6.32. The zero-order chi connectivity index (χ0) is 13.8. The Morgan fingerprint density at radius 1 is 1.37 bits per heavy atom. The molecule has 1 aromatic rings. The summed E-state index contributed by atoms with van der Waals surface area (Å²) in [6.45, 7) is 6.30. The topological polar surface area (TPSA) is 73.7 Å². The molecule has 0 atom stereocenters. The van der Waals surface area contributed by atoms with Gasteiger partial charge in [-0.15, -0.1) is 11.3 Å². The van der Waals surface area contributed by atoms with Gasteiger partial charge in [-0.2, -0.15) is 0 Å². The molecule has 0 unspecified atom stereocenters. The molecular formula is C12H17N3O3S.